The number of hydrogen-bond acceptors (Lipinski definition) is 5. The van der Waals surface area contributed by atoms with Crippen LogP contribution in [0.4, 0.5) is 9.18 Å². The van der Waals surface area contributed by atoms with Crippen LogP contribution in [0.2, 0.25) is 0 Å². The lowest BCUT2D eigenvalue weighted by molar-refractivity contribution is -0.117. The molecular formula is C24H20FN5O2S. The number of carbonyl (C=O) groups excluding carboxylic acids is 2. The molecule has 4 rings (SSSR count). The predicted molar refractivity (Wildman–Crippen MR) is 124 cm³/mol. The van der Waals surface area contributed by atoms with Gasteiger partial charge in [0.25, 0.3) is 0 Å². The van der Waals surface area contributed by atoms with Crippen LogP contribution in [0.3, 0.4) is 0 Å². The van der Waals surface area contributed by atoms with Gasteiger partial charge in [-0.2, -0.15) is 0 Å². The minimum absolute atomic E-state index is 0.0346. The maximum absolute atomic E-state index is 13.4. The van der Waals surface area contributed by atoms with E-state index in [1.54, 1.807) is 16.7 Å². The largest absolute Gasteiger partial charge is 0.334 e. The first-order chi connectivity index (χ1) is 16.1. The number of thioether (sulfide) groups is 1. The average molecular weight is 462 g/mol. The van der Waals surface area contributed by atoms with Crippen molar-refractivity contribution in [2.24, 2.45) is 0 Å². The van der Waals surface area contributed by atoms with Gasteiger partial charge in [0, 0.05) is 17.8 Å². The van der Waals surface area contributed by atoms with Crippen LogP contribution < -0.4 is 10.6 Å². The van der Waals surface area contributed by atoms with Gasteiger partial charge in [0.15, 0.2) is 11.0 Å². The highest BCUT2D eigenvalue weighted by molar-refractivity contribution is 7.99. The molecule has 0 spiro atoms. The molecule has 166 valence electrons. The molecule has 0 aliphatic rings. The van der Waals surface area contributed by atoms with Gasteiger partial charge in [-0.25, -0.2) is 9.18 Å². The lowest BCUT2D eigenvalue weighted by Gasteiger charge is -2.10. The van der Waals surface area contributed by atoms with E-state index in [1.165, 1.54) is 12.1 Å². The van der Waals surface area contributed by atoms with Gasteiger partial charge >= 0.3 is 6.03 Å². The zero-order valence-electron chi connectivity index (χ0n) is 17.4. The van der Waals surface area contributed by atoms with Gasteiger partial charge in [0.05, 0.1) is 5.75 Å². The zero-order chi connectivity index (χ0) is 23.0. The Labute approximate surface area is 194 Å². The van der Waals surface area contributed by atoms with E-state index in [0.717, 1.165) is 23.0 Å². The topological polar surface area (TPSA) is 88.9 Å². The van der Waals surface area contributed by atoms with Crippen molar-refractivity contribution in [3.05, 3.63) is 96.3 Å². The van der Waals surface area contributed by atoms with E-state index < -0.39 is 11.9 Å². The first kappa shape index (κ1) is 22.2. The Morgan fingerprint density at radius 2 is 1.55 bits per heavy atom. The molecule has 9 heteroatoms. The number of halogens is 1. The van der Waals surface area contributed by atoms with Crippen LogP contribution in [0.5, 0.6) is 0 Å². The summed E-state index contributed by atoms with van der Waals surface area (Å²) in [5.41, 5.74) is 2.41. The van der Waals surface area contributed by atoms with Gasteiger partial charge in [-0.3, -0.25) is 14.7 Å². The van der Waals surface area contributed by atoms with E-state index in [9.17, 15) is 14.0 Å². The molecule has 4 aromatic rings. The summed E-state index contributed by atoms with van der Waals surface area (Å²) in [6, 6.07) is 24.2. The summed E-state index contributed by atoms with van der Waals surface area (Å²) in [6.07, 6.45) is 0. The molecule has 0 atom stereocenters. The van der Waals surface area contributed by atoms with Gasteiger partial charge in [-0.15, -0.1) is 10.2 Å². The van der Waals surface area contributed by atoms with Crippen molar-refractivity contribution in [3.8, 4) is 17.1 Å². The van der Waals surface area contributed by atoms with Crippen molar-refractivity contribution < 1.29 is 14.0 Å². The van der Waals surface area contributed by atoms with Crippen molar-refractivity contribution >= 4 is 23.7 Å². The fraction of sp³-hybridized carbons (Fsp3) is 0.0833. The molecule has 0 fully saturated rings. The van der Waals surface area contributed by atoms with E-state index >= 15 is 0 Å². The number of imide groups is 1. The van der Waals surface area contributed by atoms with Gasteiger partial charge in [0.1, 0.15) is 5.82 Å². The number of urea groups is 1. The molecule has 1 aromatic heterocycles. The van der Waals surface area contributed by atoms with E-state index in [0.29, 0.717) is 23.1 Å². The van der Waals surface area contributed by atoms with Gasteiger partial charge in [-0.05, 0) is 42.0 Å². The molecule has 0 bridgehead atoms. The maximum atomic E-state index is 13.4. The number of rotatable bonds is 7. The third kappa shape index (κ3) is 5.83. The molecule has 0 saturated carbocycles. The Morgan fingerprint density at radius 3 is 2.24 bits per heavy atom. The van der Waals surface area contributed by atoms with E-state index in [2.05, 4.69) is 20.8 Å². The molecular weight excluding hydrogens is 441 g/mol. The summed E-state index contributed by atoms with van der Waals surface area (Å²) in [5, 5.41) is 13.9. The number of benzene rings is 3. The first-order valence-electron chi connectivity index (χ1n) is 10.1. The standard InChI is InChI=1S/C24H20FN5O2S/c25-19-13-11-18(12-14-19)22-28-29-24(30(22)20-9-5-2-6-10-20)33-16-21(31)27-23(32)26-15-17-7-3-1-4-8-17/h1-14H,15-16H2,(H2,26,27,31,32). The Bertz CT molecular complexity index is 1230. The van der Waals surface area contributed by atoms with Gasteiger partial charge in [-0.1, -0.05) is 60.3 Å². The number of para-hydroxylation sites is 1. The van der Waals surface area contributed by atoms with Crippen LogP contribution in [0.1, 0.15) is 5.56 Å². The monoisotopic (exact) mass is 461 g/mol. The molecule has 1 heterocycles. The van der Waals surface area contributed by atoms with Crippen LogP contribution in [0.15, 0.2) is 90.1 Å². The second kappa shape index (κ2) is 10.6. The highest BCUT2D eigenvalue weighted by atomic mass is 32.2. The molecule has 33 heavy (non-hydrogen) atoms. The van der Waals surface area contributed by atoms with Gasteiger partial charge in [0.2, 0.25) is 5.91 Å². The van der Waals surface area contributed by atoms with Crippen molar-refractivity contribution in [2.45, 2.75) is 11.7 Å². The molecule has 0 unspecified atom stereocenters. The third-order valence-electron chi connectivity index (χ3n) is 4.63. The Hall–Kier alpha value is -3.98. The lowest BCUT2D eigenvalue weighted by atomic mass is 10.2. The Balaban J connectivity index is 1.44. The number of aromatic nitrogens is 3. The number of amides is 3. The third-order valence-corrected chi connectivity index (χ3v) is 5.56. The highest BCUT2D eigenvalue weighted by Gasteiger charge is 2.18. The smallest absolute Gasteiger partial charge is 0.321 e. The number of hydrogen-bond donors (Lipinski definition) is 2. The van der Waals surface area contributed by atoms with E-state index in [1.807, 2.05) is 60.7 Å². The maximum Gasteiger partial charge on any atom is 0.321 e. The summed E-state index contributed by atoms with van der Waals surface area (Å²) in [5.74, 6) is -0.324. The van der Waals surface area contributed by atoms with Crippen molar-refractivity contribution in [3.63, 3.8) is 0 Å². The number of carbonyl (C=O) groups is 2. The SMILES string of the molecule is O=C(CSc1nnc(-c2ccc(F)cc2)n1-c1ccccc1)NC(=O)NCc1ccccc1. The fourth-order valence-electron chi connectivity index (χ4n) is 3.07. The highest BCUT2D eigenvalue weighted by Crippen LogP contribution is 2.28. The average Bonchev–Trinajstić information content (AvgIpc) is 3.27. The first-order valence-corrected chi connectivity index (χ1v) is 11.1. The fourth-order valence-corrected chi connectivity index (χ4v) is 3.83. The van der Waals surface area contributed by atoms with Crippen LogP contribution in [-0.2, 0) is 11.3 Å². The van der Waals surface area contributed by atoms with Crippen molar-refractivity contribution in [1.29, 1.82) is 0 Å². The quantitative estimate of drug-likeness (QED) is 0.403. The van der Waals surface area contributed by atoms with Crippen molar-refractivity contribution in [2.75, 3.05) is 5.75 Å². The summed E-state index contributed by atoms with van der Waals surface area (Å²) in [6.45, 7) is 0.316. The second-order valence-electron chi connectivity index (χ2n) is 6.99. The molecule has 0 aliphatic carbocycles. The lowest BCUT2D eigenvalue weighted by Crippen LogP contribution is -2.40. The molecule has 3 aromatic carbocycles. The van der Waals surface area contributed by atoms with Crippen LogP contribution in [0.25, 0.3) is 17.1 Å². The predicted octanol–water partition coefficient (Wildman–Crippen LogP) is 4.19. The molecule has 0 saturated heterocycles. The normalized spacial score (nSPS) is 10.6. The van der Waals surface area contributed by atoms with Crippen LogP contribution >= 0.6 is 11.8 Å². The minimum Gasteiger partial charge on any atom is -0.334 e. The van der Waals surface area contributed by atoms with Crippen molar-refractivity contribution in [1.82, 2.24) is 25.4 Å². The minimum atomic E-state index is -0.569. The van der Waals surface area contributed by atoms with E-state index in [4.69, 9.17) is 0 Å². The summed E-state index contributed by atoms with van der Waals surface area (Å²) >= 11 is 1.15. The van der Waals surface area contributed by atoms with Crippen LogP contribution in [-0.4, -0.2) is 32.5 Å². The molecule has 3 amide bonds. The molecule has 0 radical (unpaired) electrons. The van der Waals surface area contributed by atoms with Gasteiger partial charge < -0.3 is 5.32 Å². The molecule has 7 nitrogen and oxygen atoms in total. The summed E-state index contributed by atoms with van der Waals surface area (Å²) < 4.78 is 15.2. The Kier molecular flexibility index (Phi) is 7.11. The number of nitrogens with zero attached hydrogens (tertiary/aromatic N) is 3. The van der Waals surface area contributed by atoms with Crippen LogP contribution in [0, 0.1) is 5.82 Å². The van der Waals surface area contributed by atoms with E-state index in [-0.39, 0.29) is 11.6 Å². The zero-order valence-corrected chi connectivity index (χ0v) is 18.3. The summed E-state index contributed by atoms with van der Waals surface area (Å²) in [4.78, 5) is 24.3. The second-order valence-corrected chi connectivity index (χ2v) is 7.93. The summed E-state index contributed by atoms with van der Waals surface area (Å²) in [7, 11) is 0. The molecule has 2 N–H and O–H groups in total. The number of nitrogens with one attached hydrogen (secondary N) is 2. The molecule has 0 aliphatic heterocycles. The Morgan fingerprint density at radius 1 is 0.879 bits per heavy atom.